The molecule has 2 nitrogen and oxygen atoms in total. The standard InChI is InChI=1S/C10H16N2S/c1-4-9(5-2)7-13-8-10(6-11)12-3/h4-5,10,12H,1,7-8H2,2-3H3/b9-5+. The maximum atomic E-state index is 8.65. The zero-order valence-corrected chi connectivity index (χ0v) is 9.03. The largest absolute Gasteiger partial charge is 0.304 e. The maximum Gasteiger partial charge on any atom is 0.104 e. The van der Waals surface area contributed by atoms with Crippen LogP contribution in [0.1, 0.15) is 6.92 Å². The molecule has 0 heterocycles. The van der Waals surface area contributed by atoms with Crippen LogP contribution in [0.25, 0.3) is 0 Å². The van der Waals surface area contributed by atoms with Gasteiger partial charge >= 0.3 is 0 Å². The molecule has 1 unspecified atom stereocenters. The topological polar surface area (TPSA) is 35.8 Å². The minimum Gasteiger partial charge on any atom is -0.304 e. The lowest BCUT2D eigenvalue weighted by Crippen LogP contribution is -2.25. The first kappa shape index (κ1) is 12.3. The third kappa shape index (κ3) is 5.51. The van der Waals surface area contributed by atoms with E-state index in [4.69, 9.17) is 5.26 Å². The van der Waals surface area contributed by atoms with Crippen molar-refractivity contribution in [3.8, 4) is 6.07 Å². The number of thioether (sulfide) groups is 1. The third-order valence-electron chi connectivity index (χ3n) is 1.69. The highest BCUT2D eigenvalue weighted by atomic mass is 32.2. The Balaban J connectivity index is 3.67. The molecule has 1 atom stereocenters. The molecule has 13 heavy (non-hydrogen) atoms. The number of hydrogen-bond donors (Lipinski definition) is 1. The van der Waals surface area contributed by atoms with Crippen LogP contribution < -0.4 is 5.32 Å². The second-order valence-electron chi connectivity index (χ2n) is 2.55. The van der Waals surface area contributed by atoms with E-state index in [9.17, 15) is 0 Å². The van der Waals surface area contributed by atoms with Crippen LogP contribution >= 0.6 is 11.8 Å². The van der Waals surface area contributed by atoms with E-state index in [2.05, 4.69) is 18.0 Å². The normalized spacial score (nSPS) is 13.5. The van der Waals surface area contributed by atoms with Crippen molar-refractivity contribution in [3.63, 3.8) is 0 Å². The fourth-order valence-corrected chi connectivity index (χ4v) is 1.85. The Hall–Kier alpha value is -0.720. The van der Waals surface area contributed by atoms with E-state index in [1.807, 2.05) is 19.1 Å². The molecule has 0 aliphatic heterocycles. The number of hydrogen-bond acceptors (Lipinski definition) is 3. The van der Waals surface area contributed by atoms with E-state index in [0.29, 0.717) is 0 Å². The average Bonchev–Trinajstić information content (AvgIpc) is 2.19. The van der Waals surface area contributed by atoms with Crippen molar-refractivity contribution in [1.82, 2.24) is 5.32 Å². The smallest absolute Gasteiger partial charge is 0.104 e. The highest BCUT2D eigenvalue weighted by Gasteiger charge is 2.02. The Morgan fingerprint density at radius 1 is 1.77 bits per heavy atom. The maximum absolute atomic E-state index is 8.65. The van der Waals surface area contributed by atoms with Crippen LogP contribution in [0.4, 0.5) is 0 Å². The molecule has 0 aromatic heterocycles. The number of nitrogens with one attached hydrogen (secondary N) is 1. The second kappa shape index (κ2) is 7.90. The van der Waals surface area contributed by atoms with Crippen molar-refractivity contribution in [1.29, 1.82) is 5.26 Å². The van der Waals surface area contributed by atoms with Gasteiger partial charge in [0, 0.05) is 11.5 Å². The summed E-state index contributed by atoms with van der Waals surface area (Å²) in [6.07, 6.45) is 3.90. The van der Waals surface area contributed by atoms with Gasteiger partial charge in [-0.15, -0.1) is 0 Å². The first-order valence-electron chi connectivity index (χ1n) is 4.20. The van der Waals surface area contributed by atoms with Crippen LogP contribution in [0.5, 0.6) is 0 Å². The highest BCUT2D eigenvalue weighted by Crippen LogP contribution is 2.09. The Morgan fingerprint density at radius 3 is 2.85 bits per heavy atom. The molecule has 0 bridgehead atoms. The zero-order valence-electron chi connectivity index (χ0n) is 8.21. The fraction of sp³-hybridized carbons (Fsp3) is 0.500. The summed E-state index contributed by atoms with van der Waals surface area (Å²) in [7, 11) is 1.80. The number of rotatable bonds is 6. The van der Waals surface area contributed by atoms with Crippen molar-refractivity contribution in [2.75, 3.05) is 18.6 Å². The van der Waals surface area contributed by atoms with E-state index < -0.39 is 0 Å². The summed E-state index contributed by atoms with van der Waals surface area (Å²) in [6.45, 7) is 5.71. The summed E-state index contributed by atoms with van der Waals surface area (Å²) in [5.74, 6) is 1.75. The molecule has 0 spiro atoms. The van der Waals surface area contributed by atoms with Crippen molar-refractivity contribution >= 4 is 11.8 Å². The molecule has 0 saturated heterocycles. The number of allylic oxidation sites excluding steroid dienone is 2. The van der Waals surface area contributed by atoms with Crippen LogP contribution in [-0.4, -0.2) is 24.6 Å². The molecule has 0 aromatic rings. The summed E-state index contributed by atoms with van der Waals surface area (Å²) >= 11 is 1.74. The highest BCUT2D eigenvalue weighted by molar-refractivity contribution is 7.99. The molecular formula is C10H16N2S. The van der Waals surface area contributed by atoms with Gasteiger partial charge in [0.2, 0.25) is 0 Å². The molecule has 3 heteroatoms. The SMILES string of the molecule is C=C/C(=C\C)CSCC(C#N)NC. The number of nitrogens with zero attached hydrogens (tertiary/aromatic N) is 1. The molecule has 0 aromatic carbocycles. The minimum absolute atomic E-state index is 0.0482. The predicted octanol–water partition coefficient (Wildman–Crippen LogP) is 1.96. The van der Waals surface area contributed by atoms with Gasteiger partial charge in [-0.2, -0.15) is 17.0 Å². The fourth-order valence-electron chi connectivity index (χ4n) is 0.740. The number of nitriles is 1. The first-order chi connectivity index (χ1) is 6.28. The van der Waals surface area contributed by atoms with Gasteiger partial charge in [-0.1, -0.05) is 18.7 Å². The molecule has 0 fully saturated rings. The van der Waals surface area contributed by atoms with Crippen LogP contribution in [-0.2, 0) is 0 Å². The molecule has 72 valence electrons. The zero-order chi connectivity index (χ0) is 10.1. The van der Waals surface area contributed by atoms with Gasteiger partial charge in [-0.25, -0.2) is 0 Å². The average molecular weight is 196 g/mol. The molecule has 0 rings (SSSR count). The van der Waals surface area contributed by atoms with Crippen LogP contribution in [0.3, 0.4) is 0 Å². The Labute approximate surface area is 84.7 Å². The summed E-state index contributed by atoms with van der Waals surface area (Å²) < 4.78 is 0. The molecule has 0 saturated carbocycles. The lowest BCUT2D eigenvalue weighted by Gasteiger charge is -2.06. The third-order valence-corrected chi connectivity index (χ3v) is 2.80. The molecule has 1 N–H and O–H groups in total. The van der Waals surface area contributed by atoms with E-state index in [-0.39, 0.29) is 6.04 Å². The lowest BCUT2D eigenvalue weighted by molar-refractivity contribution is 0.750. The molecule has 0 aliphatic rings. The minimum atomic E-state index is -0.0482. The molecule has 0 radical (unpaired) electrons. The van der Waals surface area contributed by atoms with Crippen molar-refractivity contribution < 1.29 is 0 Å². The summed E-state index contributed by atoms with van der Waals surface area (Å²) in [6, 6.07) is 2.14. The van der Waals surface area contributed by atoms with Crippen molar-refractivity contribution in [2.45, 2.75) is 13.0 Å². The van der Waals surface area contributed by atoms with Gasteiger partial charge < -0.3 is 5.32 Å². The summed E-state index contributed by atoms with van der Waals surface area (Å²) in [5.41, 5.74) is 1.22. The summed E-state index contributed by atoms with van der Waals surface area (Å²) in [5, 5.41) is 11.6. The van der Waals surface area contributed by atoms with Gasteiger partial charge in [0.05, 0.1) is 6.07 Å². The van der Waals surface area contributed by atoms with Gasteiger partial charge in [0.15, 0.2) is 0 Å². The van der Waals surface area contributed by atoms with Crippen LogP contribution in [0.15, 0.2) is 24.3 Å². The van der Waals surface area contributed by atoms with Gasteiger partial charge in [0.1, 0.15) is 6.04 Å². The van der Waals surface area contributed by atoms with Crippen LogP contribution in [0, 0.1) is 11.3 Å². The van der Waals surface area contributed by atoms with Crippen LogP contribution in [0.2, 0.25) is 0 Å². The van der Waals surface area contributed by atoms with Gasteiger partial charge in [-0.05, 0) is 19.5 Å². The second-order valence-corrected chi connectivity index (χ2v) is 3.58. The van der Waals surface area contributed by atoms with Gasteiger partial charge in [-0.3, -0.25) is 0 Å². The van der Waals surface area contributed by atoms with E-state index in [1.54, 1.807) is 18.8 Å². The monoisotopic (exact) mass is 196 g/mol. The Bertz CT molecular complexity index is 215. The Morgan fingerprint density at radius 2 is 2.46 bits per heavy atom. The van der Waals surface area contributed by atoms with Crippen molar-refractivity contribution in [2.24, 2.45) is 0 Å². The Kier molecular flexibility index (Phi) is 7.47. The molecule has 0 amide bonds. The van der Waals surface area contributed by atoms with Gasteiger partial charge in [0.25, 0.3) is 0 Å². The van der Waals surface area contributed by atoms with E-state index in [1.165, 1.54) is 5.57 Å². The van der Waals surface area contributed by atoms with E-state index in [0.717, 1.165) is 11.5 Å². The predicted molar refractivity (Wildman–Crippen MR) is 59.7 cm³/mol. The lowest BCUT2D eigenvalue weighted by atomic mass is 10.3. The summed E-state index contributed by atoms with van der Waals surface area (Å²) in [4.78, 5) is 0. The molecular weight excluding hydrogens is 180 g/mol. The van der Waals surface area contributed by atoms with E-state index >= 15 is 0 Å². The molecule has 0 aliphatic carbocycles. The first-order valence-corrected chi connectivity index (χ1v) is 5.36. The quantitative estimate of drug-likeness (QED) is 0.660. The van der Waals surface area contributed by atoms with Crippen molar-refractivity contribution in [3.05, 3.63) is 24.3 Å².